The molecule has 4 aliphatic rings. The third-order valence-electron chi connectivity index (χ3n) is 8.20. The minimum absolute atomic E-state index is 0.0234. The number of allylic oxidation sites excluding steroid dienone is 1. The largest absolute Gasteiger partial charge is 0.324 e. The van der Waals surface area contributed by atoms with Gasteiger partial charge in [-0.1, -0.05) is 49.3 Å². The Kier molecular flexibility index (Phi) is 4.72. The molecular weight excluding hydrogens is 362 g/mol. The Morgan fingerprint density at radius 2 is 2.04 bits per heavy atom. The first-order valence-electron chi connectivity index (χ1n) is 10.9. The van der Waals surface area contributed by atoms with Gasteiger partial charge in [-0.2, -0.15) is 0 Å². The third-order valence-corrected chi connectivity index (χ3v) is 8.93. The van der Waals surface area contributed by atoms with E-state index in [1.807, 2.05) is 0 Å². The molecule has 140 valence electrons. The van der Waals surface area contributed by atoms with Crippen LogP contribution in [0.25, 0.3) is 0 Å². The van der Waals surface area contributed by atoms with Crippen LogP contribution in [-0.2, 0) is 13.2 Å². The van der Waals surface area contributed by atoms with Crippen molar-refractivity contribution in [1.29, 1.82) is 2.67 Å². The zero-order valence-corrected chi connectivity index (χ0v) is 17.2. The van der Waals surface area contributed by atoms with E-state index >= 15 is 0 Å². The average molecular weight is 394 g/mol. The zero-order valence-electron chi connectivity index (χ0n) is 17.6. The maximum atomic E-state index is 12.6. The van der Waals surface area contributed by atoms with Gasteiger partial charge >= 0.3 is 0 Å². The van der Waals surface area contributed by atoms with Gasteiger partial charge in [0.1, 0.15) is 5.78 Å². The lowest BCUT2D eigenvalue weighted by Crippen LogP contribution is -2.56. The molecule has 3 nitrogen and oxygen atoms in total. The van der Waals surface area contributed by atoms with Gasteiger partial charge < -0.3 is 8.37 Å². The summed E-state index contributed by atoms with van der Waals surface area (Å²) >= 11 is 2.19. The van der Waals surface area contributed by atoms with E-state index in [2.05, 4.69) is 19.9 Å². The van der Waals surface area contributed by atoms with E-state index in [0.29, 0.717) is 23.5 Å². The number of hydrogen-bond donors (Lipinski definition) is 0. The van der Waals surface area contributed by atoms with E-state index in [4.69, 9.17) is 11.0 Å². The summed E-state index contributed by atoms with van der Waals surface area (Å²) < 4.78 is 26.6. The van der Waals surface area contributed by atoms with Crippen LogP contribution in [-0.4, -0.2) is 34.8 Å². The summed E-state index contributed by atoms with van der Waals surface area (Å²) in [5.41, 5.74) is 1.23. The fraction of sp³-hybridized carbons (Fsp3) is 0.842. The molecule has 0 amide bonds. The number of carbonyl (C=O) groups excluding carboxylic acids is 1. The molecular formula is C19H28B2O3S2. The molecule has 3 saturated carbocycles. The molecule has 0 saturated heterocycles. The minimum Gasteiger partial charge on any atom is -0.324 e. The first-order valence-corrected chi connectivity index (χ1v) is 11.3. The Bertz CT molecular complexity index is 655. The molecule has 7 atom stereocenters. The van der Waals surface area contributed by atoms with Crippen molar-refractivity contribution in [3.63, 3.8) is 0 Å². The maximum Gasteiger partial charge on any atom is 0.209 e. The summed E-state index contributed by atoms with van der Waals surface area (Å²) in [5.74, 6) is 2.03. The van der Waals surface area contributed by atoms with Crippen molar-refractivity contribution in [3.8, 4) is 0 Å². The van der Waals surface area contributed by atoms with E-state index in [9.17, 15) is 4.79 Å². The minimum atomic E-state index is -0.121. The molecule has 3 unspecified atom stereocenters. The van der Waals surface area contributed by atoms with E-state index in [-0.39, 0.29) is 23.0 Å². The standard InChI is InChI=1S/C19H28B2O3S2/c1-18-8-7-15-13(14(18)5-6-16(18)22)4-3-11-9-12(23-25-20)10-17(24-26-21)19(11,15)2/h3,12-15,17,20-21H,4-10H2,1-2H3/t12-,13?,14?,15?,17+,18+,19+/m1/s1/i20T,21T. The topological polar surface area (TPSA) is 35.5 Å². The highest BCUT2D eigenvalue weighted by Crippen LogP contribution is 2.64. The van der Waals surface area contributed by atoms with Crippen LogP contribution in [0.15, 0.2) is 11.6 Å². The molecule has 4 rings (SSSR count). The van der Waals surface area contributed by atoms with Crippen molar-refractivity contribution in [2.75, 3.05) is 0 Å². The van der Waals surface area contributed by atoms with E-state index < -0.39 is 0 Å². The molecule has 0 aromatic carbocycles. The summed E-state index contributed by atoms with van der Waals surface area (Å²) in [6, 6.07) is 0. The van der Waals surface area contributed by atoms with Crippen molar-refractivity contribution < 1.29 is 13.2 Å². The van der Waals surface area contributed by atoms with Gasteiger partial charge in [-0.3, -0.25) is 4.79 Å². The summed E-state index contributed by atoms with van der Waals surface area (Å²) in [7, 11) is 2.47. The van der Waals surface area contributed by atoms with Crippen molar-refractivity contribution >= 4 is 43.7 Å². The predicted molar refractivity (Wildman–Crippen MR) is 111 cm³/mol. The molecule has 0 aliphatic heterocycles. The average Bonchev–Trinajstić information content (AvgIpc) is 2.99. The zero-order chi connectivity index (χ0) is 19.9. The van der Waals surface area contributed by atoms with Crippen LogP contribution in [0.5, 0.6) is 0 Å². The lowest BCUT2D eigenvalue weighted by molar-refractivity contribution is -0.134. The highest BCUT2D eigenvalue weighted by atomic mass is 32.2. The van der Waals surface area contributed by atoms with Crippen LogP contribution >= 0.6 is 23.8 Å². The summed E-state index contributed by atoms with van der Waals surface area (Å²) in [4.78, 5) is 12.6. The Hall–Kier alpha value is 0.160. The Balaban J connectivity index is 1.63. The van der Waals surface area contributed by atoms with Gasteiger partial charge in [0, 0.05) is 23.7 Å². The Morgan fingerprint density at radius 3 is 2.85 bits per heavy atom. The molecule has 26 heavy (non-hydrogen) atoms. The second-order valence-corrected chi connectivity index (χ2v) is 9.75. The molecule has 4 aliphatic carbocycles. The van der Waals surface area contributed by atoms with Gasteiger partial charge in [0.15, 0.2) is 0 Å². The van der Waals surface area contributed by atoms with Gasteiger partial charge in [0.25, 0.3) is 0 Å². The fourth-order valence-corrected chi connectivity index (χ4v) is 7.50. The van der Waals surface area contributed by atoms with Gasteiger partial charge in [-0.15, -0.1) is 0 Å². The van der Waals surface area contributed by atoms with E-state index in [0.717, 1.165) is 68.7 Å². The molecule has 0 spiro atoms. The van der Waals surface area contributed by atoms with Crippen molar-refractivity contribution in [2.24, 2.45) is 28.6 Å². The van der Waals surface area contributed by atoms with Gasteiger partial charge in [-0.05, 0) is 52.5 Å². The number of rotatable bonds is 6. The van der Waals surface area contributed by atoms with Gasteiger partial charge in [0.2, 0.25) is 14.2 Å². The van der Waals surface area contributed by atoms with Crippen LogP contribution in [0.4, 0.5) is 0 Å². The number of hydrogen-bond acceptors (Lipinski definition) is 5. The number of ketones is 1. The lowest BCUT2D eigenvalue weighted by atomic mass is 9.47. The predicted octanol–water partition coefficient (Wildman–Crippen LogP) is 3.83. The molecule has 2 radical (unpaired) electrons. The van der Waals surface area contributed by atoms with Crippen molar-refractivity contribution in [2.45, 2.75) is 71.0 Å². The SMILES string of the molecule is [3H][B]SO[C@@H]1CC2=CCC3C(CC[C@]4(C)C(=O)CCC34)[C@@]2(C)[C@@H](OS[B][3H])C1. The molecule has 0 N–H and O–H groups in total. The van der Waals surface area contributed by atoms with E-state index in [1.165, 1.54) is 19.7 Å². The molecule has 0 bridgehead atoms. The molecule has 0 heterocycles. The fourth-order valence-electron chi connectivity index (χ4n) is 6.79. The van der Waals surface area contributed by atoms with Gasteiger partial charge in [-0.25, -0.2) is 0 Å². The van der Waals surface area contributed by atoms with Crippen LogP contribution in [0, 0.1) is 28.6 Å². The second-order valence-electron chi connectivity index (χ2n) is 8.98. The number of Topliss-reactive ketones (excluding diaryl/α,β-unsaturated/α-hetero) is 1. The van der Waals surface area contributed by atoms with Crippen LogP contribution in [0.3, 0.4) is 0 Å². The maximum absolute atomic E-state index is 12.6. The van der Waals surface area contributed by atoms with Crippen LogP contribution < -0.4 is 0 Å². The highest BCUT2D eigenvalue weighted by molar-refractivity contribution is 8.16. The van der Waals surface area contributed by atoms with Crippen LogP contribution in [0.2, 0.25) is 0 Å². The third kappa shape index (κ3) is 2.79. The van der Waals surface area contributed by atoms with E-state index in [1.54, 1.807) is 0 Å². The Labute approximate surface area is 170 Å². The second kappa shape index (κ2) is 7.20. The van der Waals surface area contributed by atoms with Crippen molar-refractivity contribution in [3.05, 3.63) is 11.6 Å². The number of fused-ring (bicyclic) bond motifs is 5. The molecule has 3 fully saturated rings. The molecule has 7 heteroatoms. The Morgan fingerprint density at radius 1 is 1.23 bits per heavy atom. The summed E-state index contributed by atoms with van der Waals surface area (Å²) in [5, 5.41) is 0. The number of carbonyl (C=O) groups is 1. The van der Waals surface area contributed by atoms with Gasteiger partial charge in [0.05, 0.1) is 12.2 Å². The molecule has 0 aromatic rings. The highest BCUT2D eigenvalue weighted by Gasteiger charge is 2.61. The monoisotopic (exact) mass is 394 g/mol. The van der Waals surface area contributed by atoms with Crippen molar-refractivity contribution in [1.82, 2.24) is 0 Å². The first kappa shape index (κ1) is 17.1. The first-order chi connectivity index (χ1) is 13.4. The normalized spacial score (nSPS) is 48.5. The lowest BCUT2D eigenvalue weighted by Gasteiger charge is -2.59. The summed E-state index contributed by atoms with van der Waals surface area (Å²) in [6.07, 6.45) is 8.99. The smallest absolute Gasteiger partial charge is 0.209 e. The quantitative estimate of drug-likeness (QED) is 0.389. The van der Waals surface area contributed by atoms with Crippen LogP contribution in [0.1, 0.15) is 58.8 Å². The summed E-state index contributed by atoms with van der Waals surface area (Å²) in [6.45, 7) is 4.56. The molecule has 0 aromatic heterocycles.